The first-order valence-electron chi connectivity index (χ1n) is 13.4. The van der Waals surface area contributed by atoms with E-state index in [4.69, 9.17) is 24.5 Å². The highest BCUT2D eigenvalue weighted by Gasteiger charge is 2.30. The van der Waals surface area contributed by atoms with E-state index in [9.17, 15) is 29.0 Å². The monoisotopic (exact) mass is 597 g/mol. The summed E-state index contributed by atoms with van der Waals surface area (Å²) in [5, 5.41) is 13.9. The van der Waals surface area contributed by atoms with Crippen LogP contribution in [0.3, 0.4) is 0 Å². The number of nitrogens with one attached hydrogen (secondary N) is 1. The van der Waals surface area contributed by atoms with Crippen LogP contribution in [0.15, 0.2) is 41.5 Å². The van der Waals surface area contributed by atoms with Gasteiger partial charge in [-0.2, -0.15) is 0 Å². The molecule has 0 aliphatic carbocycles. The molecule has 13 heteroatoms. The SMILES string of the molecule is CO[C@H]1C[C@H](C)Cc2cc(cc(OP(=O)([O-])O)c2)NC(=O)/C(C)=C/CC[C@H](OC)[C@@H](OC(N)=O)/C(C)=C/[C@H](C)[C@H]1O. The number of benzene rings is 1. The number of phosphoric ester groups is 1. The number of aliphatic hydroxyl groups excluding tert-OH is 1. The third-order valence-electron chi connectivity index (χ3n) is 7.00. The zero-order valence-corrected chi connectivity index (χ0v) is 25.3. The number of methoxy groups -OCH3 is 2. The number of rotatable bonds is 5. The average Bonchev–Trinajstić information content (AvgIpc) is 2.86. The molecule has 1 heterocycles. The summed E-state index contributed by atoms with van der Waals surface area (Å²) in [5.74, 6) is -1.04. The summed E-state index contributed by atoms with van der Waals surface area (Å²) in [7, 11) is -2.11. The van der Waals surface area contributed by atoms with E-state index < -0.39 is 50.2 Å². The zero-order valence-electron chi connectivity index (χ0n) is 24.4. The smallest absolute Gasteiger partial charge is 0.405 e. The van der Waals surface area contributed by atoms with Crippen LogP contribution >= 0.6 is 7.82 Å². The minimum atomic E-state index is -5.09. The molecule has 1 aromatic carbocycles. The molecule has 0 saturated carbocycles. The number of anilines is 1. The molecule has 230 valence electrons. The molecule has 2 amide bonds. The molecule has 7 atom stereocenters. The van der Waals surface area contributed by atoms with E-state index in [2.05, 4.69) is 5.32 Å². The van der Waals surface area contributed by atoms with Crippen LogP contribution in [-0.4, -0.2) is 60.6 Å². The average molecular weight is 598 g/mol. The van der Waals surface area contributed by atoms with Crippen LogP contribution in [0.2, 0.25) is 0 Å². The molecule has 1 unspecified atom stereocenters. The van der Waals surface area contributed by atoms with Gasteiger partial charge in [-0.1, -0.05) is 26.0 Å². The molecule has 1 aliphatic rings. The van der Waals surface area contributed by atoms with E-state index >= 15 is 0 Å². The van der Waals surface area contributed by atoms with Crippen molar-refractivity contribution in [1.29, 1.82) is 0 Å². The fraction of sp³-hybridized carbons (Fsp3) is 0.571. The van der Waals surface area contributed by atoms with Crippen molar-refractivity contribution in [3.8, 4) is 5.75 Å². The van der Waals surface area contributed by atoms with E-state index in [0.717, 1.165) is 0 Å². The van der Waals surface area contributed by atoms with Gasteiger partial charge < -0.3 is 44.7 Å². The molecule has 1 aromatic rings. The number of primary amides is 1. The second-order valence-corrected chi connectivity index (χ2v) is 11.7. The molecule has 5 N–H and O–H groups in total. The molecule has 0 aromatic heterocycles. The number of hydrogen-bond donors (Lipinski definition) is 4. The van der Waals surface area contributed by atoms with Gasteiger partial charge in [0.05, 0.1) is 18.3 Å². The van der Waals surface area contributed by atoms with Gasteiger partial charge in [-0.15, -0.1) is 0 Å². The van der Waals surface area contributed by atoms with Crippen molar-refractivity contribution in [1.82, 2.24) is 0 Å². The Bertz CT molecular complexity index is 1160. The number of ether oxygens (including phenoxy) is 3. The Morgan fingerprint density at radius 3 is 2.39 bits per heavy atom. The standard InChI is InChI=1S/C28H43N2O10P/c1-16-10-20-13-21(15-22(14-20)40-41(34,35)36)30-27(32)17(2)8-7-9-23(37-5)26(39-28(29)33)19(4)12-18(3)25(31)24(11-16)38-6/h8,12-16,18,23-26,31H,7,9-11H2,1-6H3,(H2,29,33)(H,30,32)(H2,34,35,36)/p-1/b17-8+,19-12+/t16-,18+,23+,24+,25-,26+/m1/s1. The first-order chi connectivity index (χ1) is 19.1. The number of nitrogens with two attached hydrogens (primary N) is 1. The lowest BCUT2D eigenvalue weighted by Crippen LogP contribution is -2.37. The number of carbonyl (C=O) groups excluding carboxylic acids is 2. The third kappa shape index (κ3) is 11.2. The first-order valence-corrected chi connectivity index (χ1v) is 14.9. The summed E-state index contributed by atoms with van der Waals surface area (Å²) in [6, 6.07) is 4.46. The van der Waals surface area contributed by atoms with Gasteiger partial charge in [-0.25, -0.2) is 4.79 Å². The maximum Gasteiger partial charge on any atom is 0.405 e. The normalized spacial score (nSPS) is 31.0. The number of carbonyl (C=O) groups is 2. The van der Waals surface area contributed by atoms with E-state index in [0.29, 0.717) is 42.4 Å². The molecular formula is C28H42N2O10P-. The molecule has 0 fully saturated rings. The highest BCUT2D eigenvalue weighted by atomic mass is 31.2. The topological polar surface area (TPSA) is 190 Å². The lowest BCUT2D eigenvalue weighted by atomic mass is 9.88. The minimum Gasteiger partial charge on any atom is -0.746 e. The van der Waals surface area contributed by atoms with Gasteiger partial charge in [0.1, 0.15) is 5.75 Å². The van der Waals surface area contributed by atoms with Crippen molar-refractivity contribution in [2.75, 3.05) is 19.5 Å². The lowest BCUT2D eigenvalue weighted by Gasteiger charge is -2.30. The van der Waals surface area contributed by atoms with Crippen LogP contribution in [0, 0.1) is 11.8 Å². The van der Waals surface area contributed by atoms with Crippen LogP contribution in [0.1, 0.15) is 52.5 Å². The largest absolute Gasteiger partial charge is 0.746 e. The second kappa shape index (κ2) is 15.5. The van der Waals surface area contributed by atoms with Crippen molar-refractivity contribution in [3.05, 3.63) is 47.1 Å². The van der Waals surface area contributed by atoms with Crippen LogP contribution < -0.4 is 20.5 Å². The van der Waals surface area contributed by atoms with Gasteiger partial charge >= 0.3 is 13.9 Å². The molecule has 41 heavy (non-hydrogen) atoms. The Hall–Kier alpha value is -2.73. The molecule has 2 bridgehead atoms. The van der Waals surface area contributed by atoms with Crippen molar-refractivity contribution in [2.45, 2.75) is 77.8 Å². The van der Waals surface area contributed by atoms with Crippen LogP contribution in [0.5, 0.6) is 5.75 Å². The first kappa shape index (κ1) is 34.5. The molecule has 0 radical (unpaired) electrons. The predicted molar refractivity (Wildman–Crippen MR) is 151 cm³/mol. The highest BCUT2D eigenvalue weighted by Crippen LogP contribution is 2.36. The minimum absolute atomic E-state index is 0.0635. The van der Waals surface area contributed by atoms with Crippen molar-refractivity contribution in [2.24, 2.45) is 17.6 Å². The molecule has 1 aliphatic heterocycles. The Labute approximate surface area is 241 Å². The summed E-state index contributed by atoms with van der Waals surface area (Å²) < 4.78 is 32.8. The van der Waals surface area contributed by atoms with Gasteiger partial charge in [-0.05, 0) is 68.7 Å². The molecule has 12 nitrogen and oxygen atoms in total. The van der Waals surface area contributed by atoms with Crippen molar-refractivity contribution < 1.29 is 47.8 Å². The van der Waals surface area contributed by atoms with Crippen molar-refractivity contribution in [3.63, 3.8) is 0 Å². The Morgan fingerprint density at radius 1 is 1.15 bits per heavy atom. The maximum absolute atomic E-state index is 12.9. The Balaban J connectivity index is 2.53. The third-order valence-corrected chi connectivity index (χ3v) is 7.45. The predicted octanol–water partition coefficient (Wildman–Crippen LogP) is 3.21. The molecule has 2 rings (SSSR count). The molecule has 0 saturated heterocycles. The number of amides is 2. The van der Waals surface area contributed by atoms with Crippen LogP contribution in [0.4, 0.5) is 10.5 Å². The van der Waals surface area contributed by atoms with Gasteiger partial charge in [-0.3, -0.25) is 9.36 Å². The summed E-state index contributed by atoms with van der Waals surface area (Å²) >= 11 is 0. The van der Waals surface area contributed by atoms with Gasteiger partial charge in [0.2, 0.25) is 0 Å². The lowest BCUT2D eigenvalue weighted by molar-refractivity contribution is -0.211. The summed E-state index contributed by atoms with van der Waals surface area (Å²) in [6.07, 6.45) is 1.27. The van der Waals surface area contributed by atoms with Gasteiger partial charge in [0.15, 0.2) is 6.10 Å². The maximum atomic E-state index is 12.9. The Morgan fingerprint density at radius 2 is 1.80 bits per heavy atom. The van der Waals surface area contributed by atoms with E-state index in [-0.39, 0.29) is 17.4 Å². The van der Waals surface area contributed by atoms with Gasteiger partial charge in [0.25, 0.3) is 5.91 Å². The number of allylic oxidation sites excluding steroid dienone is 1. The van der Waals surface area contributed by atoms with E-state index in [1.165, 1.54) is 26.4 Å². The van der Waals surface area contributed by atoms with Crippen molar-refractivity contribution >= 4 is 25.5 Å². The zero-order chi connectivity index (χ0) is 30.9. The summed E-state index contributed by atoms with van der Waals surface area (Å²) in [5.41, 5.74) is 7.29. The number of aliphatic hydroxyl groups is 1. The fourth-order valence-corrected chi connectivity index (χ4v) is 5.38. The fourth-order valence-electron chi connectivity index (χ4n) is 5.01. The van der Waals surface area contributed by atoms with Crippen LogP contribution in [0.25, 0.3) is 0 Å². The second-order valence-electron chi connectivity index (χ2n) is 10.6. The van der Waals surface area contributed by atoms with Crippen LogP contribution in [-0.2, 0) is 30.0 Å². The Kier molecular flexibility index (Phi) is 13.0. The number of phosphoric acid groups is 1. The molecular weight excluding hydrogens is 555 g/mol. The summed E-state index contributed by atoms with van der Waals surface area (Å²) in [6.45, 7) is 7.15. The number of fused-ring (bicyclic) bond motifs is 2. The van der Waals surface area contributed by atoms with Gasteiger partial charge in [0, 0.05) is 37.5 Å². The number of hydrogen-bond acceptors (Lipinski definition) is 9. The van der Waals surface area contributed by atoms with E-state index in [1.54, 1.807) is 32.1 Å². The summed E-state index contributed by atoms with van der Waals surface area (Å²) in [4.78, 5) is 45.3. The van der Waals surface area contributed by atoms with E-state index in [1.807, 2.05) is 13.8 Å². The quantitative estimate of drug-likeness (QED) is 0.290. The molecule has 0 spiro atoms. The highest BCUT2D eigenvalue weighted by molar-refractivity contribution is 7.45.